The molecule has 150 valence electrons. The van der Waals surface area contributed by atoms with Crippen LogP contribution in [0.15, 0.2) is 27.4 Å². The molecule has 28 heavy (non-hydrogen) atoms. The maximum absolute atomic E-state index is 12.1. The average molecular weight is 383 g/mol. The van der Waals surface area contributed by atoms with Gasteiger partial charge in [0, 0.05) is 38.0 Å². The van der Waals surface area contributed by atoms with Gasteiger partial charge in [-0.15, -0.1) is 0 Å². The van der Waals surface area contributed by atoms with E-state index in [1.165, 1.54) is 5.56 Å². The number of piperidine rings is 1. The van der Waals surface area contributed by atoms with E-state index in [4.69, 9.17) is 4.42 Å². The van der Waals surface area contributed by atoms with Gasteiger partial charge in [0.25, 0.3) is 0 Å². The van der Waals surface area contributed by atoms with Crippen LogP contribution >= 0.6 is 0 Å². The molecular formula is C23H30N2O3. The number of carbonyl (C=O) groups is 1. The lowest BCUT2D eigenvalue weighted by Gasteiger charge is -2.41. The van der Waals surface area contributed by atoms with Crippen molar-refractivity contribution in [3.63, 3.8) is 0 Å². The highest BCUT2D eigenvalue weighted by atomic mass is 16.4. The SMILES string of the molecule is Cc1cc2oc(=O)cc(CN3CCC4(CCC(=O)N(C)CC4)CC3)c2cc1C. The monoisotopic (exact) mass is 382 g/mol. The Kier molecular flexibility index (Phi) is 5.04. The van der Waals surface area contributed by atoms with Gasteiger partial charge in [0.05, 0.1) is 0 Å². The highest BCUT2D eigenvalue weighted by molar-refractivity contribution is 5.81. The topological polar surface area (TPSA) is 53.8 Å². The molecule has 2 aromatic rings. The predicted octanol–water partition coefficient (Wildman–Crippen LogP) is 3.63. The maximum atomic E-state index is 12.1. The van der Waals surface area contributed by atoms with Crippen LogP contribution in [0.5, 0.6) is 0 Å². The van der Waals surface area contributed by atoms with E-state index in [-0.39, 0.29) is 11.5 Å². The minimum atomic E-state index is -0.274. The minimum Gasteiger partial charge on any atom is -0.423 e. The first kappa shape index (κ1) is 19.2. The Balaban J connectivity index is 1.50. The second-order valence-electron chi connectivity index (χ2n) is 8.86. The molecule has 0 N–H and O–H groups in total. The molecule has 0 radical (unpaired) electrons. The maximum Gasteiger partial charge on any atom is 0.336 e. The van der Waals surface area contributed by atoms with Crippen LogP contribution in [0, 0.1) is 19.3 Å². The van der Waals surface area contributed by atoms with E-state index in [9.17, 15) is 9.59 Å². The van der Waals surface area contributed by atoms with Gasteiger partial charge in [0.15, 0.2) is 0 Å². The molecular weight excluding hydrogens is 352 g/mol. The summed E-state index contributed by atoms with van der Waals surface area (Å²) in [6.07, 6.45) is 5.07. The number of nitrogens with zero attached hydrogens (tertiary/aromatic N) is 2. The molecule has 4 rings (SSSR count). The molecule has 0 saturated carbocycles. The summed E-state index contributed by atoms with van der Waals surface area (Å²) in [5.74, 6) is 0.285. The largest absolute Gasteiger partial charge is 0.423 e. The second-order valence-corrected chi connectivity index (χ2v) is 8.86. The number of aryl methyl sites for hydroxylation is 2. The van der Waals surface area contributed by atoms with Gasteiger partial charge in [-0.1, -0.05) is 0 Å². The van der Waals surface area contributed by atoms with Crippen molar-refractivity contribution in [1.29, 1.82) is 0 Å². The van der Waals surface area contributed by atoms with Gasteiger partial charge in [-0.25, -0.2) is 4.79 Å². The molecule has 2 saturated heterocycles. The quantitative estimate of drug-likeness (QED) is 0.744. The number of carbonyl (C=O) groups excluding carboxylic acids is 1. The lowest BCUT2D eigenvalue weighted by atomic mass is 9.73. The van der Waals surface area contributed by atoms with E-state index in [1.54, 1.807) is 6.07 Å². The molecule has 5 nitrogen and oxygen atoms in total. The van der Waals surface area contributed by atoms with E-state index < -0.39 is 0 Å². The van der Waals surface area contributed by atoms with Gasteiger partial charge in [-0.05, 0) is 86.9 Å². The number of rotatable bonds is 2. The summed E-state index contributed by atoms with van der Waals surface area (Å²) >= 11 is 0. The molecule has 2 aliphatic heterocycles. The van der Waals surface area contributed by atoms with E-state index in [2.05, 4.69) is 17.9 Å². The van der Waals surface area contributed by atoms with Crippen molar-refractivity contribution in [1.82, 2.24) is 9.80 Å². The minimum absolute atomic E-state index is 0.274. The number of fused-ring (bicyclic) bond motifs is 1. The number of amides is 1. The number of hydrogen-bond acceptors (Lipinski definition) is 4. The van der Waals surface area contributed by atoms with Crippen LogP contribution in [-0.2, 0) is 11.3 Å². The summed E-state index contributed by atoms with van der Waals surface area (Å²) in [6, 6.07) is 5.77. The van der Waals surface area contributed by atoms with Crippen LogP contribution in [0.3, 0.4) is 0 Å². The third-order valence-electron chi connectivity index (χ3n) is 7.03. The first-order valence-electron chi connectivity index (χ1n) is 10.4. The van der Waals surface area contributed by atoms with Crippen LogP contribution < -0.4 is 5.63 Å². The molecule has 1 aromatic heterocycles. The summed E-state index contributed by atoms with van der Waals surface area (Å²) in [5.41, 5.74) is 4.13. The van der Waals surface area contributed by atoms with E-state index in [1.807, 2.05) is 24.9 Å². The highest BCUT2D eigenvalue weighted by Gasteiger charge is 2.37. The zero-order valence-corrected chi connectivity index (χ0v) is 17.2. The van der Waals surface area contributed by atoms with Gasteiger partial charge in [-0.2, -0.15) is 0 Å². The van der Waals surface area contributed by atoms with Gasteiger partial charge >= 0.3 is 5.63 Å². The summed E-state index contributed by atoms with van der Waals surface area (Å²) < 4.78 is 5.44. The molecule has 0 bridgehead atoms. The van der Waals surface area contributed by atoms with Crippen LogP contribution in [0.25, 0.3) is 11.0 Å². The van der Waals surface area contributed by atoms with Crippen LogP contribution in [0.2, 0.25) is 0 Å². The fourth-order valence-corrected chi connectivity index (χ4v) is 4.76. The Morgan fingerprint density at radius 1 is 0.964 bits per heavy atom. The van der Waals surface area contributed by atoms with Crippen molar-refractivity contribution in [2.75, 3.05) is 26.7 Å². The number of benzene rings is 1. The van der Waals surface area contributed by atoms with Gasteiger partial charge in [-0.3, -0.25) is 9.69 Å². The molecule has 1 aromatic carbocycles. The summed E-state index contributed by atoms with van der Waals surface area (Å²) in [6.45, 7) is 7.83. The first-order valence-corrected chi connectivity index (χ1v) is 10.4. The number of likely N-dealkylation sites (tertiary alicyclic amines) is 2. The normalized spacial score (nSPS) is 20.7. The lowest BCUT2D eigenvalue weighted by Crippen LogP contribution is -2.40. The van der Waals surface area contributed by atoms with E-state index in [0.717, 1.165) is 68.4 Å². The average Bonchev–Trinajstić information content (AvgIpc) is 2.80. The molecule has 2 fully saturated rings. The van der Waals surface area contributed by atoms with Crippen molar-refractivity contribution in [3.05, 3.63) is 45.3 Å². The standard InChI is InChI=1S/C23H30N2O3/c1-16-12-19-18(14-22(27)28-20(19)13-17(16)2)15-25-10-7-23(8-11-25)5-4-21(26)24(3)9-6-23/h12-14H,4-11,15H2,1-3H3. The molecule has 0 atom stereocenters. The zero-order chi connectivity index (χ0) is 19.9. The summed E-state index contributed by atoms with van der Waals surface area (Å²) in [4.78, 5) is 28.4. The van der Waals surface area contributed by atoms with Crippen LogP contribution in [-0.4, -0.2) is 42.4 Å². The Morgan fingerprint density at radius 2 is 1.64 bits per heavy atom. The zero-order valence-electron chi connectivity index (χ0n) is 17.2. The molecule has 0 unspecified atom stereocenters. The molecule has 5 heteroatoms. The van der Waals surface area contributed by atoms with Crippen LogP contribution in [0.4, 0.5) is 0 Å². The predicted molar refractivity (Wildman–Crippen MR) is 110 cm³/mol. The van der Waals surface area contributed by atoms with Crippen molar-refractivity contribution >= 4 is 16.9 Å². The third kappa shape index (κ3) is 3.72. The second kappa shape index (κ2) is 7.36. The van der Waals surface area contributed by atoms with Crippen LogP contribution in [0.1, 0.15) is 48.8 Å². The summed E-state index contributed by atoms with van der Waals surface area (Å²) in [7, 11) is 1.92. The summed E-state index contributed by atoms with van der Waals surface area (Å²) in [5, 5.41) is 1.05. The molecule has 3 heterocycles. The van der Waals surface area contributed by atoms with Crippen molar-refractivity contribution in [3.8, 4) is 0 Å². The smallest absolute Gasteiger partial charge is 0.336 e. The highest BCUT2D eigenvalue weighted by Crippen LogP contribution is 2.41. The number of hydrogen-bond donors (Lipinski definition) is 0. The molecule has 2 aliphatic rings. The fraction of sp³-hybridized carbons (Fsp3) is 0.565. The first-order chi connectivity index (χ1) is 13.3. The molecule has 0 aliphatic carbocycles. The van der Waals surface area contributed by atoms with Gasteiger partial charge in [0.1, 0.15) is 5.58 Å². The Morgan fingerprint density at radius 3 is 2.39 bits per heavy atom. The van der Waals surface area contributed by atoms with Crippen molar-refractivity contribution in [2.24, 2.45) is 5.41 Å². The van der Waals surface area contributed by atoms with E-state index >= 15 is 0 Å². The van der Waals surface area contributed by atoms with Gasteiger partial charge < -0.3 is 9.32 Å². The Labute approximate surface area is 166 Å². The Bertz CT molecular complexity index is 954. The molecule has 1 spiro atoms. The molecule has 1 amide bonds. The fourth-order valence-electron chi connectivity index (χ4n) is 4.76. The Hall–Kier alpha value is -2.14. The van der Waals surface area contributed by atoms with Gasteiger partial charge in [0.2, 0.25) is 5.91 Å². The van der Waals surface area contributed by atoms with Crippen molar-refractivity contribution in [2.45, 2.75) is 52.5 Å². The third-order valence-corrected chi connectivity index (χ3v) is 7.03. The van der Waals surface area contributed by atoms with Crippen molar-refractivity contribution < 1.29 is 9.21 Å². The van der Waals surface area contributed by atoms with E-state index in [0.29, 0.717) is 17.4 Å². The lowest BCUT2D eigenvalue weighted by molar-refractivity contribution is -0.129.